The minimum absolute atomic E-state index is 0.373. The summed E-state index contributed by atoms with van der Waals surface area (Å²) < 4.78 is 0. The molecule has 4 rings (SSSR count). The minimum Gasteiger partial charge on any atom is -0.0665 e. The van der Waals surface area contributed by atoms with Gasteiger partial charge in [-0.3, -0.25) is 0 Å². The van der Waals surface area contributed by atoms with Gasteiger partial charge in [-0.25, -0.2) is 0 Å². The maximum atomic E-state index is 2.76. The molecule has 36 heavy (non-hydrogen) atoms. The highest BCUT2D eigenvalue weighted by atomic mass is 14.7. The minimum atomic E-state index is 0.373. The Balaban J connectivity index is 1.67. The lowest BCUT2D eigenvalue weighted by Gasteiger charge is -2.64. The third-order valence-electron chi connectivity index (χ3n) is 15.0. The Hall–Kier alpha value is -0.260. The quantitative estimate of drug-likeness (QED) is 0.339. The third kappa shape index (κ3) is 3.95. The maximum absolute atomic E-state index is 2.76. The average Bonchev–Trinajstić information content (AvgIpc) is 3.11. The predicted molar refractivity (Wildman–Crippen MR) is 159 cm³/mol. The summed E-state index contributed by atoms with van der Waals surface area (Å²) in [4.78, 5) is 0. The second kappa shape index (κ2) is 8.88. The van der Waals surface area contributed by atoms with Crippen molar-refractivity contribution in [1.29, 1.82) is 0 Å². The number of fused-ring (bicyclic) bond motifs is 4. The fourth-order valence-electron chi connectivity index (χ4n) is 11.1. The molecule has 2 saturated carbocycles. The molecule has 0 saturated heterocycles. The van der Waals surface area contributed by atoms with Crippen molar-refractivity contribution in [3.05, 3.63) is 11.1 Å². The van der Waals surface area contributed by atoms with Crippen LogP contribution in [0.3, 0.4) is 0 Å². The standard InChI is InChI=1S/C36H64/c1-22(19-20-33(9,10)32(6,7)8)28-16-17-29-27-15-18-30-34(11,12)25(4)23(2)21-35(30,13)31(27)24(3)26(5)36(28,29)14/h22-26,28-30H,15-21H2,1-14H3/t22?,23?,24?,25?,26?,28-,29?,30?,35?,36?/m1/s1. The molecule has 2 fully saturated rings. The van der Waals surface area contributed by atoms with Gasteiger partial charge < -0.3 is 0 Å². The van der Waals surface area contributed by atoms with Crippen LogP contribution in [0.5, 0.6) is 0 Å². The Bertz CT molecular complexity index is 863. The Kier molecular flexibility index (Phi) is 7.09. The monoisotopic (exact) mass is 497 g/mol. The first-order chi connectivity index (χ1) is 16.3. The molecule has 0 bridgehead atoms. The topological polar surface area (TPSA) is 0 Å². The van der Waals surface area contributed by atoms with Crippen molar-refractivity contribution < 1.29 is 0 Å². The lowest BCUT2D eigenvalue weighted by molar-refractivity contribution is -0.0811. The maximum Gasteiger partial charge on any atom is -0.00746 e. The summed E-state index contributed by atoms with van der Waals surface area (Å²) in [6.07, 6.45) is 9.93. The molecule has 0 aromatic heterocycles. The van der Waals surface area contributed by atoms with Gasteiger partial charge in [-0.2, -0.15) is 0 Å². The summed E-state index contributed by atoms with van der Waals surface area (Å²) in [6.45, 7) is 36.2. The van der Waals surface area contributed by atoms with E-state index in [1.165, 1.54) is 44.9 Å². The second-order valence-electron chi connectivity index (χ2n) is 17.6. The lowest BCUT2D eigenvalue weighted by atomic mass is 9.40. The molecule has 0 aliphatic heterocycles. The van der Waals surface area contributed by atoms with E-state index < -0.39 is 0 Å². The molecule has 0 spiro atoms. The van der Waals surface area contributed by atoms with Gasteiger partial charge in [0.15, 0.2) is 0 Å². The van der Waals surface area contributed by atoms with Crippen molar-refractivity contribution in [2.75, 3.05) is 0 Å². The summed E-state index contributed by atoms with van der Waals surface area (Å²) in [7, 11) is 0. The Morgan fingerprint density at radius 1 is 0.861 bits per heavy atom. The third-order valence-corrected chi connectivity index (χ3v) is 15.0. The zero-order valence-electron chi connectivity index (χ0n) is 27.1. The Morgan fingerprint density at radius 2 is 1.47 bits per heavy atom. The van der Waals surface area contributed by atoms with Crippen LogP contribution in [0.1, 0.15) is 142 Å². The fourth-order valence-corrected chi connectivity index (χ4v) is 11.1. The van der Waals surface area contributed by atoms with Gasteiger partial charge in [0.2, 0.25) is 0 Å². The van der Waals surface area contributed by atoms with Crippen LogP contribution in [0, 0.1) is 74.4 Å². The molecule has 0 amide bonds. The molecule has 0 radical (unpaired) electrons. The van der Waals surface area contributed by atoms with E-state index in [1.54, 1.807) is 0 Å². The summed E-state index contributed by atoms with van der Waals surface area (Å²) >= 11 is 0. The first-order valence-corrected chi connectivity index (χ1v) is 16.0. The molecule has 208 valence electrons. The smallest absolute Gasteiger partial charge is 0.00746 e. The SMILES string of the molecule is CC1CC2(C)C3=C(CCC2C(C)(C)C1C)C1CC[C@H](C(C)CCC(C)(C)C(C)(C)C)C1(C)C(C)C3C. The van der Waals surface area contributed by atoms with Crippen LogP contribution in [-0.4, -0.2) is 0 Å². The molecule has 4 aliphatic rings. The van der Waals surface area contributed by atoms with Crippen LogP contribution >= 0.6 is 0 Å². The highest BCUT2D eigenvalue weighted by Gasteiger charge is 2.63. The lowest BCUT2D eigenvalue weighted by Crippen LogP contribution is -2.56. The van der Waals surface area contributed by atoms with Crippen molar-refractivity contribution >= 4 is 0 Å². The highest BCUT2D eigenvalue weighted by Crippen LogP contribution is 2.71. The molecule has 0 aromatic rings. The summed E-state index contributed by atoms with van der Waals surface area (Å²) in [6, 6.07) is 0. The molecular formula is C36H64. The van der Waals surface area contributed by atoms with E-state index in [4.69, 9.17) is 0 Å². The van der Waals surface area contributed by atoms with E-state index in [-0.39, 0.29) is 0 Å². The highest BCUT2D eigenvalue weighted by molar-refractivity contribution is 5.38. The van der Waals surface area contributed by atoms with E-state index in [1.807, 2.05) is 11.1 Å². The predicted octanol–water partition coefficient (Wildman–Crippen LogP) is 11.2. The van der Waals surface area contributed by atoms with Crippen molar-refractivity contribution in [2.45, 2.75) is 142 Å². The van der Waals surface area contributed by atoms with Crippen molar-refractivity contribution in [1.82, 2.24) is 0 Å². The zero-order valence-corrected chi connectivity index (χ0v) is 27.1. The van der Waals surface area contributed by atoms with Gasteiger partial charge in [-0.05, 0) is 119 Å². The average molecular weight is 497 g/mol. The van der Waals surface area contributed by atoms with Gasteiger partial charge in [-0.15, -0.1) is 0 Å². The molecule has 0 aromatic carbocycles. The van der Waals surface area contributed by atoms with Gasteiger partial charge in [0.25, 0.3) is 0 Å². The van der Waals surface area contributed by atoms with Crippen LogP contribution in [-0.2, 0) is 0 Å². The zero-order chi connectivity index (χ0) is 27.2. The van der Waals surface area contributed by atoms with Gasteiger partial charge >= 0.3 is 0 Å². The number of rotatable bonds is 4. The second-order valence-corrected chi connectivity index (χ2v) is 17.6. The molecule has 4 aliphatic carbocycles. The van der Waals surface area contributed by atoms with E-state index in [2.05, 4.69) is 96.9 Å². The van der Waals surface area contributed by atoms with Gasteiger partial charge in [0.05, 0.1) is 0 Å². The molecule has 9 unspecified atom stereocenters. The summed E-state index contributed by atoms with van der Waals surface area (Å²) in [5, 5.41) is 0. The van der Waals surface area contributed by atoms with Crippen molar-refractivity contribution in [3.63, 3.8) is 0 Å². The van der Waals surface area contributed by atoms with E-state index in [0.717, 1.165) is 47.3 Å². The largest absolute Gasteiger partial charge is 0.0665 e. The number of hydrogen-bond acceptors (Lipinski definition) is 0. The number of allylic oxidation sites excluding steroid dienone is 2. The fraction of sp³-hybridized carbons (Fsp3) is 0.944. The van der Waals surface area contributed by atoms with E-state index in [0.29, 0.717) is 27.1 Å². The van der Waals surface area contributed by atoms with Crippen molar-refractivity contribution in [3.8, 4) is 0 Å². The van der Waals surface area contributed by atoms with Crippen molar-refractivity contribution in [2.24, 2.45) is 74.4 Å². The molecule has 0 heteroatoms. The van der Waals surface area contributed by atoms with Crippen LogP contribution < -0.4 is 0 Å². The molecule has 10 atom stereocenters. The normalized spacial score (nSPS) is 45.7. The van der Waals surface area contributed by atoms with Gasteiger partial charge in [0.1, 0.15) is 0 Å². The summed E-state index contributed by atoms with van der Waals surface area (Å²) in [5.41, 5.74) is 6.06. The van der Waals surface area contributed by atoms with Gasteiger partial charge in [0, 0.05) is 0 Å². The molecule has 0 N–H and O–H groups in total. The van der Waals surface area contributed by atoms with Crippen LogP contribution in [0.2, 0.25) is 0 Å². The van der Waals surface area contributed by atoms with Crippen LogP contribution in [0.4, 0.5) is 0 Å². The summed E-state index contributed by atoms with van der Waals surface area (Å²) in [5.74, 6) is 6.60. The molecular weight excluding hydrogens is 432 g/mol. The van der Waals surface area contributed by atoms with E-state index >= 15 is 0 Å². The molecule has 0 heterocycles. The first kappa shape index (κ1) is 28.7. The first-order valence-electron chi connectivity index (χ1n) is 16.0. The van der Waals surface area contributed by atoms with Crippen LogP contribution in [0.25, 0.3) is 0 Å². The molecule has 0 nitrogen and oxygen atoms in total. The Labute approximate surface area is 227 Å². The number of hydrogen-bond donors (Lipinski definition) is 0. The Morgan fingerprint density at radius 3 is 2.06 bits per heavy atom. The van der Waals surface area contributed by atoms with Gasteiger partial charge in [-0.1, -0.05) is 108 Å². The van der Waals surface area contributed by atoms with Crippen LogP contribution in [0.15, 0.2) is 11.1 Å². The van der Waals surface area contributed by atoms with E-state index in [9.17, 15) is 0 Å².